The van der Waals surface area contributed by atoms with E-state index in [1.165, 1.54) is 11.0 Å². The molecule has 0 heterocycles. The number of anilines is 1. The molecule has 3 aromatic carbocycles. The van der Waals surface area contributed by atoms with Crippen LogP contribution in [0.3, 0.4) is 0 Å². The highest BCUT2D eigenvalue weighted by Gasteiger charge is 2.33. The molecule has 1 unspecified atom stereocenters. The predicted octanol–water partition coefficient (Wildman–Crippen LogP) is 4.58. The van der Waals surface area contributed by atoms with Gasteiger partial charge in [0.25, 0.3) is 0 Å². The highest BCUT2D eigenvalue weighted by molar-refractivity contribution is 7.92. The zero-order valence-electron chi connectivity index (χ0n) is 22.1. The molecular formula is C29H34ClN3O4S. The van der Waals surface area contributed by atoms with E-state index in [0.717, 1.165) is 27.3 Å². The maximum atomic E-state index is 14.0. The van der Waals surface area contributed by atoms with Gasteiger partial charge in [-0.15, -0.1) is 0 Å². The van der Waals surface area contributed by atoms with Gasteiger partial charge < -0.3 is 10.2 Å². The SMILES string of the molecule is Cc1cccc(CN(C(=O)CN(c2cccc(Cl)c2)S(C)(=O)=O)C(Cc2ccccc2)C(=O)NC(C)C)c1. The number of carbonyl (C=O) groups is 2. The van der Waals surface area contributed by atoms with Crippen molar-refractivity contribution in [2.45, 2.75) is 45.8 Å². The molecule has 9 heteroatoms. The van der Waals surface area contributed by atoms with E-state index in [0.29, 0.717) is 5.02 Å². The van der Waals surface area contributed by atoms with Crippen LogP contribution in [0.1, 0.15) is 30.5 Å². The average molecular weight is 556 g/mol. The Morgan fingerprint density at radius 1 is 0.921 bits per heavy atom. The van der Waals surface area contributed by atoms with Crippen LogP contribution in [0.2, 0.25) is 5.02 Å². The van der Waals surface area contributed by atoms with Gasteiger partial charge in [-0.2, -0.15) is 0 Å². The van der Waals surface area contributed by atoms with E-state index in [1.54, 1.807) is 18.2 Å². The van der Waals surface area contributed by atoms with Gasteiger partial charge in [-0.3, -0.25) is 13.9 Å². The van der Waals surface area contributed by atoms with E-state index in [1.807, 2.05) is 75.4 Å². The standard InChI is InChI=1S/C29H34ClN3O4S/c1-21(2)31-29(35)27(17-23-11-6-5-7-12-23)32(19-24-13-8-10-22(3)16-24)28(34)20-33(38(4,36)37)26-15-9-14-25(30)18-26/h5-16,18,21,27H,17,19-20H2,1-4H3,(H,31,35). The van der Waals surface area contributed by atoms with Crippen LogP contribution in [-0.4, -0.2) is 50.0 Å². The first-order valence-corrected chi connectivity index (χ1v) is 14.6. The summed E-state index contributed by atoms with van der Waals surface area (Å²) in [6.07, 6.45) is 1.31. The van der Waals surface area contributed by atoms with E-state index in [4.69, 9.17) is 11.6 Å². The van der Waals surface area contributed by atoms with Crippen molar-refractivity contribution >= 4 is 39.1 Å². The molecule has 0 radical (unpaired) electrons. The Labute approximate surface area is 230 Å². The van der Waals surface area contributed by atoms with Crippen molar-refractivity contribution in [2.75, 3.05) is 17.1 Å². The lowest BCUT2D eigenvalue weighted by Crippen LogP contribution is -2.54. The molecule has 0 bridgehead atoms. The third kappa shape index (κ3) is 8.33. The third-order valence-electron chi connectivity index (χ3n) is 5.91. The number of hydrogen-bond donors (Lipinski definition) is 1. The van der Waals surface area contributed by atoms with Crippen molar-refractivity contribution in [2.24, 2.45) is 0 Å². The largest absolute Gasteiger partial charge is 0.352 e. The van der Waals surface area contributed by atoms with Gasteiger partial charge >= 0.3 is 0 Å². The minimum atomic E-state index is -3.84. The highest BCUT2D eigenvalue weighted by Crippen LogP contribution is 2.23. The number of nitrogens with zero attached hydrogens (tertiary/aromatic N) is 2. The number of benzene rings is 3. The monoisotopic (exact) mass is 555 g/mol. The molecule has 0 saturated carbocycles. The molecule has 38 heavy (non-hydrogen) atoms. The molecule has 0 aliphatic carbocycles. The minimum Gasteiger partial charge on any atom is -0.352 e. The fourth-order valence-corrected chi connectivity index (χ4v) is 5.21. The smallest absolute Gasteiger partial charge is 0.244 e. The van der Waals surface area contributed by atoms with Crippen molar-refractivity contribution in [1.29, 1.82) is 0 Å². The molecule has 0 aliphatic rings. The normalized spacial score (nSPS) is 12.2. The number of hydrogen-bond acceptors (Lipinski definition) is 4. The summed E-state index contributed by atoms with van der Waals surface area (Å²) in [5, 5.41) is 3.28. The van der Waals surface area contributed by atoms with Crippen LogP contribution < -0.4 is 9.62 Å². The molecule has 1 atom stereocenters. The van der Waals surface area contributed by atoms with Gasteiger partial charge in [-0.1, -0.05) is 77.8 Å². The van der Waals surface area contributed by atoms with Crippen LogP contribution >= 0.6 is 11.6 Å². The Morgan fingerprint density at radius 3 is 2.18 bits per heavy atom. The van der Waals surface area contributed by atoms with E-state index >= 15 is 0 Å². The first-order chi connectivity index (χ1) is 17.9. The summed E-state index contributed by atoms with van der Waals surface area (Å²) in [5.74, 6) is -0.810. The summed E-state index contributed by atoms with van der Waals surface area (Å²) in [7, 11) is -3.84. The van der Waals surface area contributed by atoms with Gasteiger partial charge in [0, 0.05) is 24.0 Å². The van der Waals surface area contributed by atoms with Crippen LogP contribution in [0.15, 0.2) is 78.9 Å². The van der Waals surface area contributed by atoms with Gasteiger partial charge in [0.1, 0.15) is 12.6 Å². The Balaban J connectivity index is 2.06. The maximum absolute atomic E-state index is 14.0. The Morgan fingerprint density at radius 2 is 1.58 bits per heavy atom. The second kappa shape index (κ2) is 12.9. The quantitative estimate of drug-likeness (QED) is 0.375. The summed E-state index contributed by atoms with van der Waals surface area (Å²) in [6.45, 7) is 5.32. The lowest BCUT2D eigenvalue weighted by atomic mass is 10.0. The van der Waals surface area contributed by atoms with E-state index < -0.39 is 28.5 Å². The second-order valence-electron chi connectivity index (χ2n) is 9.63. The van der Waals surface area contributed by atoms with Crippen LogP contribution in [0, 0.1) is 6.92 Å². The van der Waals surface area contributed by atoms with E-state index in [2.05, 4.69) is 5.32 Å². The average Bonchev–Trinajstić information content (AvgIpc) is 2.84. The van der Waals surface area contributed by atoms with Crippen LogP contribution in [0.25, 0.3) is 0 Å². The van der Waals surface area contributed by atoms with Gasteiger partial charge in [-0.25, -0.2) is 8.42 Å². The summed E-state index contributed by atoms with van der Waals surface area (Å²) in [6, 6.07) is 22.4. The van der Waals surface area contributed by atoms with Gasteiger partial charge in [0.2, 0.25) is 21.8 Å². The molecule has 202 valence electrons. The maximum Gasteiger partial charge on any atom is 0.244 e. The molecule has 0 spiro atoms. The lowest BCUT2D eigenvalue weighted by molar-refractivity contribution is -0.140. The first kappa shape index (κ1) is 29.2. The lowest BCUT2D eigenvalue weighted by Gasteiger charge is -2.34. The van der Waals surface area contributed by atoms with E-state index in [9.17, 15) is 18.0 Å². The van der Waals surface area contributed by atoms with Crippen molar-refractivity contribution < 1.29 is 18.0 Å². The number of amides is 2. The summed E-state index contributed by atoms with van der Waals surface area (Å²) >= 11 is 6.12. The van der Waals surface area contributed by atoms with E-state index in [-0.39, 0.29) is 30.6 Å². The fourth-order valence-electron chi connectivity index (χ4n) is 4.19. The number of carbonyl (C=O) groups excluding carboxylic acids is 2. The Bertz CT molecular complexity index is 1360. The van der Waals surface area contributed by atoms with Crippen molar-refractivity contribution in [3.8, 4) is 0 Å². The number of halogens is 1. The Kier molecular flexibility index (Phi) is 9.94. The van der Waals surface area contributed by atoms with Gasteiger partial charge in [0.05, 0.1) is 11.9 Å². The highest BCUT2D eigenvalue weighted by atomic mass is 35.5. The van der Waals surface area contributed by atoms with Crippen LogP contribution in [0.5, 0.6) is 0 Å². The number of nitrogens with one attached hydrogen (secondary N) is 1. The zero-order valence-corrected chi connectivity index (χ0v) is 23.7. The van der Waals surface area contributed by atoms with Crippen molar-refractivity contribution in [3.63, 3.8) is 0 Å². The molecule has 0 aromatic heterocycles. The van der Waals surface area contributed by atoms with Crippen molar-refractivity contribution in [3.05, 3.63) is 101 Å². The van der Waals surface area contributed by atoms with Gasteiger partial charge in [-0.05, 0) is 50.1 Å². The molecule has 7 nitrogen and oxygen atoms in total. The van der Waals surface area contributed by atoms with Crippen LogP contribution in [-0.2, 0) is 32.6 Å². The zero-order chi connectivity index (χ0) is 27.9. The summed E-state index contributed by atoms with van der Waals surface area (Å²) < 4.78 is 26.6. The molecule has 1 N–H and O–H groups in total. The first-order valence-electron chi connectivity index (χ1n) is 12.4. The molecule has 3 aromatic rings. The Hall–Kier alpha value is -3.36. The fraction of sp³-hybridized carbons (Fsp3) is 0.310. The number of aryl methyl sites for hydroxylation is 1. The number of sulfonamides is 1. The topological polar surface area (TPSA) is 86.8 Å². The molecule has 0 aliphatic heterocycles. The summed E-state index contributed by atoms with van der Waals surface area (Å²) in [5.41, 5.74) is 3.00. The molecular weight excluding hydrogens is 522 g/mol. The summed E-state index contributed by atoms with van der Waals surface area (Å²) in [4.78, 5) is 29.0. The molecule has 0 fully saturated rings. The van der Waals surface area contributed by atoms with Gasteiger partial charge in [0.15, 0.2) is 0 Å². The van der Waals surface area contributed by atoms with Crippen LogP contribution in [0.4, 0.5) is 5.69 Å². The second-order valence-corrected chi connectivity index (χ2v) is 12.0. The third-order valence-corrected chi connectivity index (χ3v) is 7.29. The number of rotatable bonds is 11. The minimum absolute atomic E-state index is 0.136. The molecule has 0 saturated heterocycles. The molecule has 3 rings (SSSR count). The predicted molar refractivity (Wildman–Crippen MR) is 153 cm³/mol. The van der Waals surface area contributed by atoms with Crippen molar-refractivity contribution in [1.82, 2.24) is 10.2 Å². The molecule has 2 amide bonds.